The second kappa shape index (κ2) is 9.02. The number of likely N-dealkylation sites (tertiary alicyclic amines) is 1. The molecule has 0 aliphatic carbocycles. The summed E-state index contributed by atoms with van der Waals surface area (Å²) in [6.07, 6.45) is 6.82. The predicted octanol–water partition coefficient (Wildman–Crippen LogP) is 6.21. The highest BCUT2D eigenvalue weighted by Crippen LogP contribution is 2.34. The largest absolute Gasteiger partial charge is 0.352 e. The molecule has 1 aromatic carbocycles. The molecule has 0 atom stereocenters. The zero-order chi connectivity index (χ0) is 26.6. The van der Waals surface area contributed by atoms with Gasteiger partial charge in [0, 0.05) is 54.6 Å². The Labute approximate surface area is 220 Å². The number of halogens is 3. The first-order chi connectivity index (χ1) is 18.9. The summed E-state index contributed by atoms with van der Waals surface area (Å²) in [6, 6.07) is 14.1. The number of nitrogens with one attached hydrogen (secondary N) is 2. The van der Waals surface area contributed by atoms with E-state index in [1.807, 2.05) is 24.3 Å². The molecule has 5 aromatic heterocycles. The van der Waals surface area contributed by atoms with E-state index in [0.29, 0.717) is 30.0 Å². The van der Waals surface area contributed by atoms with Gasteiger partial charge >= 0.3 is 0 Å². The molecule has 0 amide bonds. The quantitative estimate of drug-likeness (QED) is 0.280. The van der Waals surface area contributed by atoms with Crippen molar-refractivity contribution in [1.82, 2.24) is 35.0 Å². The molecule has 1 fully saturated rings. The van der Waals surface area contributed by atoms with Crippen molar-refractivity contribution in [3.05, 3.63) is 84.7 Å². The minimum atomic E-state index is -2.63. The number of nitrogens with zero attached hydrogens (tertiary/aromatic N) is 5. The van der Waals surface area contributed by atoms with Crippen LogP contribution in [0.15, 0.2) is 73.3 Å². The van der Waals surface area contributed by atoms with Crippen molar-refractivity contribution in [2.24, 2.45) is 0 Å². The lowest BCUT2D eigenvalue weighted by Crippen LogP contribution is -2.24. The SMILES string of the molecule is Fc1ccc(-c2cncc3[nH]c(-c4n[nH]c5ccc(-c6cncc(CN7CCC(F)(F)C7)c6)nc45)cc23)cc1. The number of aromatic amines is 2. The van der Waals surface area contributed by atoms with Gasteiger partial charge in [-0.05, 0) is 47.5 Å². The number of H-pyrrole nitrogens is 2. The van der Waals surface area contributed by atoms with E-state index in [4.69, 9.17) is 4.98 Å². The van der Waals surface area contributed by atoms with Crippen molar-refractivity contribution in [3.8, 4) is 33.8 Å². The number of hydrogen-bond donors (Lipinski definition) is 2. The van der Waals surface area contributed by atoms with E-state index in [1.165, 1.54) is 12.1 Å². The minimum absolute atomic E-state index is 0.114. The van der Waals surface area contributed by atoms with Crippen LogP contribution < -0.4 is 0 Å². The number of rotatable bonds is 5. The molecule has 10 heteroatoms. The normalized spacial score (nSPS) is 15.5. The maximum absolute atomic E-state index is 13.6. The Morgan fingerprint density at radius 1 is 0.897 bits per heavy atom. The number of aromatic nitrogens is 6. The van der Waals surface area contributed by atoms with Gasteiger partial charge in [-0.15, -0.1) is 0 Å². The van der Waals surface area contributed by atoms with Crippen LogP contribution in [0.1, 0.15) is 12.0 Å². The van der Waals surface area contributed by atoms with E-state index in [2.05, 4.69) is 25.1 Å². The molecule has 0 spiro atoms. The zero-order valence-corrected chi connectivity index (χ0v) is 20.6. The molecule has 7 rings (SSSR count). The molecule has 0 bridgehead atoms. The van der Waals surface area contributed by atoms with Crippen LogP contribution in [0.3, 0.4) is 0 Å². The molecule has 7 nitrogen and oxygen atoms in total. The van der Waals surface area contributed by atoms with Gasteiger partial charge in [-0.1, -0.05) is 12.1 Å². The third-order valence-corrected chi connectivity index (χ3v) is 7.11. The Morgan fingerprint density at radius 3 is 2.56 bits per heavy atom. The summed E-state index contributed by atoms with van der Waals surface area (Å²) in [5, 5.41) is 8.51. The second-order valence-electron chi connectivity index (χ2n) is 9.90. The van der Waals surface area contributed by atoms with Gasteiger partial charge in [-0.2, -0.15) is 5.10 Å². The molecule has 0 unspecified atom stereocenters. The monoisotopic (exact) mass is 525 g/mol. The molecule has 2 N–H and O–H groups in total. The molecule has 6 aromatic rings. The highest BCUT2D eigenvalue weighted by Gasteiger charge is 2.37. The first-order valence-corrected chi connectivity index (χ1v) is 12.5. The van der Waals surface area contributed by atoms with E-state index in [9.17, 15) is 13.2 Å². The molecular weight excluding hydrogens is 503 g/mol. The Bertz CT molecular complexity index is 1820. The lowest BCUT2D eigenvalue weighted by Gasteiger charge is -2.15. The molecule has 0 radical (unpaired) electrons. The van der Waals surface area contributed by atoms with Gasteiger partial charge in [-0.3, -0.25) is 20.0 Å². The molecule has 1 saturated heterocycles. The summed E-state index contributed by atoms with van der Waals surface area (Å²) < 4.78 is 40.7. The van der Waals surface area contributed by atoms with Gasteiger partial charge in [0.15, 0.2) is 0 Å². The van der Waals surface area contributed by atoms with Crippen LogP contribution in [0.2, 0.25) is 0 Å². The fraction of sp³-hybridized carbons (Fsp3) is 0.172. The topological polar surface area (TPSA) is 86.4 Å². The summed E-state index contributed by atoms with van der Waals surface area (Å²) in [4.78, 5) is 18.7. The van der Waals surface area contributed by atoms with E-state index in [1.54, 1.807) is 41.8 Å². The van der Waals surface area contributed by atoms with Crippen molar-refractivity contribution >= 4 is 21.9 Å². The number of hydrogen-bond acceptors (Lipinski definition) is 5. The summed E-state index contributed by atoms with van der Waals surface area (Å²) in [5.41, 5.74) is 7.78. The summed E-state index contributed by atoms with van der Waals surface area (Å²) >= 11 is 0. The van der Waals surface area contributed by atoms with Gasteiger partial charge < -0.3 is 4.98 Å². The summed E-state index contributed by atoms with van der Waals surface area (Å²) in [5.74, 6) is -2.93. The van der Waals surface area contributed by atoms with Gasteiger partial charge in [0.1, 0.15) is 17.0 Å². The average Bonchev–Trinajstić information content (AvgIpc) is 3.64. The van der Waals surface area contributed by atoms with Crippen molar-refractivity contribution in [2.45, 2.75) is 18.9 Å². The maximum atomic E-state index is 13.6. The average molecular weight is 526 g/mol. The van der Waals surface area contributed by atoms with E-state index >= 15 is 0 Å². The van der Waals surface area contributed by atoms with Crippen LogP contribution in [0.5, 0.6) is 0 Å². The first-order valence-electron chi connectivity index (χ1n) is 12.5. The van der Waals surface area contributed by atoms with E-state index < -0.39 is 5.92 Å². The Hall–Kier alpha value is -4.57. The van der Waals surface area contributed by atoms with E-state index in [-0.39, 0.29) is 18.8 Å². The van der Waals surface area contributed by atoms with Gasteiger partial charge in [0.2, 0.25) is 0 Å². The standard InChI is InChI=1S/C29H22F3N7/c30-20-3-1-18(2-4-20)22-13-34-14-26-21(22)10-25(35-26)28-27-24(37-38-28)6-5-23(36-27)19-9-17(11-33-12-19)15-39-8-7-29(31,32)16-39/h1-6,9-14,35H,7-8,15-16H2,(H,37,38). The van der Waals surface area contributed by atoms with Gasteiger partial charge in [0.25, 0.3) is 5.92 Å². The fourth-order valence-electron chi connectivity index (χ4n) is 5.20. The van der Waals surface area contributed by atoms with Crippen LogP contribution >= 0.6 is 0 Å². The molecule has 0 saturated carbocycles. The number of pyridine rings is 3. The smallest absolute Gasteiger partial charge is 0.261 e. The number of fused-ring (bicyclic) bond motifs is 2. The Kier molecular flexibility index (Phi) is 5.44. The van der Waals surface area contributed by atoms with Crippen molar-refractivity contribution in [3.63, 3.8) is 0 Å². The van der Waals surface area contributed by atoms with Crippen molar-refractivity contribution < 1.29 is 13.2 Å². The van der Waals surface area contributed by atoms with Crippen molar-refractivity contribution in [1.29, 1.82) is 0 Å². The summed E-state index contributed by atoms with van der Waals surface area (Å²) in [7, 11) is 0. The number of alkyl halides is 2. The minimum Gasteiger partial charge on any atom is -0.352 e. The highest BCUT2D eigenvalue weighted by molar-refractivity contribution is 6.00. The molecule has 6 heterocycles. The van der Waals surface area contributed by atoms with Crippen molar-refractivity contribution in [2.75, 3.05) is 13.1 Å². The zero-order valence-electron chi connectivity index (χ0n) is 20.6. The molecule has 1 aliphatic heterocycles. The molecule has 194 valence electrons. The van der Waals surface area contributed by atoms with Crippen LogP contribution in [-0.2, 0) is 6.54 Å². The third-order valence-electron chi connectivity index (χ3n) is 7.11. The molecule has 39 heavy (non-hydrogen) atoms. The molecule has 1 aliphatic rings. The highest BCUT2D eigenvalue weighted by atomic mass is 19.3. The van der Waals surface area contributed by atoms with Gasteiger partial charge in [-0.25, -0.2) is 18.2 Å². The van der Waals surface area contributed by atoms with Crippen LogP contribution in [0.25, 0.3) is 55.7 Å². The summed E-state index contributed by atoms with van der Waals surface area (Å²) in [6.45, 7) is 0.542. The van der Waals surface area contributed by atoms with Gasteiger partial charge in [0.05, 0.1) is 35.2 Å². The second-order valence-corrected chi connectivity index (χ2v) is 9.90. The lowest BCUT2D eigenvalue weighted by atomic mass is 10.0. The van der Waals surface area contributed by atoms with Crippen LogP contribution in [0, 0.1) is 5.82 Å². The molecular formula is C29H22F3N7. The number of benzene rings is 1. The lowest BCUT2D eigenvalue weighted by molar-refractivity contribution is 0.0115. The predicted molar refractivity (Wildman–Crippen MR) is 142 cm³/mol. The van der Waals surface area contributed by atoms with Crippen LogP contribution in [-0.4, -0.2) is 54.0 Å². The van der Waals surface area contributed by atoms with Crippen LogP contribution in [0.4, 0.5) is 13.2 Å². The Balaban J connectivity index is 1.24. The Morgan fingerprint density at radius 2 is 1.74 bits per heavy atom. The maximum Gasteiger partial charge on any atom is 0.261 e. The third kappa shape index (κ3) is 4.42. The fourth-order valence-corrected chi connectivity index (χ4v) is 5.20. The van der Waals surface area contributed by atoms with E-state index in [0.717, 1.165) is 44.4 Å². The first kappa shape index (κ1) is 23.5.